The summed E-state index contributed by atoms with van der Waals surface area (Å²) in [6.45, 7) is 14.7. The van der Waals surface area contributed by atoms with Crippen molar-refractivity contribution in [3.05, 3.63) is 94.0 Å². The number of benzene rings is 3. The van der Waals surface area contributed by atoms with Crippen LogP contribution in [0.2, 0.25) is 18.1 Å². The van der Waals surface area contributed by atoms with Crippen LogP contribution in [0.15, 0.2) is 77.3 Å². The Morgan fingerprint density at radius 1 is 0.941 bits per heavy atom. The second-order valence-corrected chi connectivity index (χ2v) is 16.4. The van der Waals surface area contributed by atoms with Crippen molar-refractivity contribution < 1.29 is 9.16 Å². The summed E-state index contributed by atoms with van der Waals surface area (Å²) in [5, 5.41) is 0.199. The lowest BCUT2D eigenvalue weighted by atomic mass is 10.0. The lowest BCUT2D eigenvalue weighted by molar-refractivity contribution is 0.266. The van der Waals surface area contributed by atoms with Gasteiger partial charge in [0.2, 0.25) is 0 Å². The molecular weight excluding hydrogens is 502 g/mol. The largest absolute Gasteiger partial charge is 0.489 e. The number of rotatable bonds is 8. The quantitative estimate of drug-likeness (QED) is 0.270. The first kappa shape index (κ1) is 25.0. The van der Waals surface area contributed by atoms with Crippen LogP contribution in [0.5, 0.6) is 5.75 Å². The van der Waals surface area contributed by atoms with Crippen molar-refractivity contribution in [2.75, 3.05) is 18.1 Å². The number of nitrogens with zero attached hydrogens (tertiary/aromatic N) is 1. The minimum absolute atomic E-state index is 0.199. The molecule has 34 heavy (non-hydrogen) atoms. The molecule has 0 bridgehead atoms. The van der Waals surface area contributed by atoms with E-state index in [4.69, 9.17) is 9.16 Å². The first-order chi connectivity index (χ1) is 16.1. The van der Waals surface area contributed by atoms with Gasteiger partial charge in [-0.15, -0.1) is 0 Å². The Morgan fingerprint density at radius 3 is 2.18 bits per heavy atom. The molecule has 1 heterocycles. The summed E-state index contributed by atoms with van der Waals surface area (Å²) in [5.74, 6) is 1.21. The fourth-order valence-electron chi connectivity index (χ4n) is 4.14. The first-order valence-electron chi connectivity index (χ1n) is 12.1. The van der Waals surface area contributed by atoms with Crippen LogP contribution in [0.25, 0.3) is 0 Å². The highest BCUT2D eigenvalue weighted by Gasteiger charge is 2.39. The molecule has 0 aromatic heterocycles. The van der Waals surface area contributed by atoms with Gasteiger partial charge in [0.1, 0.15) is 12.4 Å². The molecule has 0 aliphatic carbocycles. The molecule has 0 radical (unpaired) electrons. The molecule has 0 fully saturated rings. The highest BCUT2D eigenvalue weighted by molar-refractivity contribution is 9.10. The topological polar surface area (TPSA) is 21.7 Å². The van der Waals surface area contributed by atoms with Crippen LogP contribution in [0.4, 0.5) is 5.69 Å². The molecular formula is C29H36BrNO2Si. The summed E-state index contributed by atoms with van der Waals surface area (Å²) >= 11 is 3.89. The molecule has 3 aromatic carbocycles. The van der Waals surface area contributed by atoms with Gasteiger partial charge in [0.05, 0.1) is 0 Å². The fraction of sp³-hybridized carbons (Fsp3) is 0.379. The monoisotopic (exact) mass is 537 g/mol. The number of fused-ring (bicyclic) bond motifs is 1. The number of anilines is 1. The lowest BCUT2D eigenvalue weighted by Gasteiger charge is -2.37. The standard InChI is InChI=1S/C29H36BrNO2Si/c1-29(2,3)34(4,5)33-21-24-19-31(18-22-12-8-6-9-13-22)27-17-25(16-26(30)28(24)27)32-20-23-14-10-7-11-15-23/h6-17,24H,18-21H2,1-5H3/t24-/m0/s1. The molecule has 0 amide bonds. The molecule has 1 atom stereocenters. The average Bonchev–Trinajstić information content (AvgIpc) is 3.15. The fourth-order valence-corrected chi connectivity index (χ4v) is 5.94. The summed E-state index contributed by atoms with van der Waals surface area (Å²) in [5.41, 5.74) is 5.05. The first-order valence-corrected chi connectivity index (χ1v) is 15.8. The Hall–Kier alpha value is -2.08. The zero-order valence-corrected chi connectivity index (χ0v) is 23.6. The maximum atomic E-state index is 6.68. The van der Waals surface area contributed by atoms with E-state index in [9.17, 15) is 0 Å². The summed E-state index contributed by atoms with van der Waals surface area (Å²) in [6, 6.07) is 25.3. The second kappa shape index (κ2) is 10.3. The van der Waals surface area contributed by atoms with E-state index in [-0.39, 0.29) is 5.04 Å². The third-order valence-electron chi connectivity index (χ3n) is 7.19. The van der Waals surface area contributed by atoms with Gasteiger partial charge in [0.15, 0.2) is 8.32 Å². The van der Waals surface area contributed by atoms with Crippen molar-refractivity contribution in [3.8, 4) is 5.75 Å². The Balaban J connectivity index is 1.59. The van der Waals surface area contributed by atoms with E-state index < -0.39 is 8.32 Å². The lowest BCUT2D eigenvalue weighted by Crippen LogP contribution is -2.42. The maximum absolute atomic E-state index is 6.68. The zero-order chi connectivity index (χ0) is 24.3. The highest BCUT2D eigenvalue weighted by Crippen LogP contribution is 2.46. The average molecular weight is 539 g/mol. The van der Waals surface area contributed by atoms with Gasteiger partial charge in [-0.3, -0.25) is 0 Å². The molecule has 0 saturated heterocycles. The van der Waals surface area contributed by atoms with Crippen LogP contribution in [-0.2, 0) is 17.6 Å². The van der Waals surface area contributed by atoms with Crippen molar-refractivity contribution in [1.29, 1.82) is 0 Å². The molecule has 180 valence electrons. The summed E-state index contributed by atoms with van der Waals surface area (Å²) in [6.07, 6.45) is 0. The van der Waals surface area contributed by atoms with Crippen molar-refractivity contribution in [1.82, 2.24) is 0 Å². The molecule has 3 aromatic rings. The van der Waals surface area contributed by atoms with Gasteiger partial charge in [-0.2, -0.15) is 0 Å². The third-order valence-corrected chi connectivity index (χ3v) is 12.3. The van der Waals surface area contributed by atoms with E-state index >= 15 is 0 Å². The van der Waals surface area contributed by atoms with Crippen LogP contribution < -0.4 is 9.64 Å². The van der Waals surface area contributed by atoms with Crippen LogP contribution in [0.3, 0.4) is 0 Å². The maximum Gasteiger partial charge on any atom is 0.192 e. The number of ether oxygens (including phenoxy) is 1. The molecule has 0 N–H and O–H groups in total. The van der Waals surface area contributed by atoms with Crippen LogP contribution in [0, 0.1) is 0 Å². The summed E-state index contributed by atoms with van der Waals surface area (Å²) < 4.78 is 14.0. The van der Waals surface area contributed by atoms with Crippen molar-refractivity contribution in [3.63, 3.8) is 0 Å². The molecule has 0 saturated carbocycles. The van der Waals surface area contributed by atoms with E-state index in [0.717, 1.165) is 29.9 Å². The predicted molar refractivity (Wildman–Crippen MR) is 148 cm³/mol. The Bertz CT molecular complexity index is 1100. The molecule has 4 rings (SSSR count). The second-order valence-electron chi connectivity index (χ2n) is 10.7. The number of hydrogen-bond donors (Lipinski definition) is 0. The molecule has 0 unspecified atom stereocenters. The normalized spacial score (nSPS) is 15.9. The smallest absolute Gasteiger partial charge is 0.192 e. The Kier molecular flexibility index (Phi) is 7.56. The van der Waals surface area contributed by atoms with Crippen molar-refractivity contribution in [2.45, 2.75) is 58.0 Å². The van der Waals surface area contributed by atoms with Gasteiger partial charge in [-0.05, 0) is 40.9 Å². The van der Waals surface area contributed by atoms with Crippen LogP contribution in [0.1, 0.15) is 43.4 Å². The highest BCUT2D eigenvalue weighted by atomic mass is 79.9. The van der Waals surface area contributed by atoms with Crippen LogP contribution in [-0.4, -0.2) is 21.5 Å². The van der Waals surface area contributed by atoms with Gasteiger partial charge in [-0.25, -0.2) is 0 Å². The van der Waals surface area contributed by atoms with Gasteiger partial charge in [-0.1, -0.05) is 97.4 Å². The predicted octanol–water partition coefficient (Wildman–Crippen LogP) is 8.15. The Labute approximate surface area is 214 Å². The minimum Gasteiger partial charge on any atom is -0.489 e. The van der Waals surface area contributed by atoms with Gasteiger partial charge < -0.3 is 14.1 Å². The Morgan fingerprint density at radius 2 is 1.56 bits per heavy atom. The summed E-state index contributed by atoms with van der Waals surface area (Å²) in [4.78, 5) is 2.48. The zero-order valence-electron chi connectivity index (χ0n) is 21.0. The SMILES string of the molecule is CC(C)(C)[Si](C)(C)OC[C@@H]1CN(Cc2ccccc2)c2cc(OCc3ccccc3)cc(Br)c21. The van der Waals surface area contributed by atoms with Gasteiger partial charge in [0.25, 0.3) is 0 Å². The number of hydrogen-bond acceptors (Lipinski definition) is 3. The van der Waals surface area contributed by atoms with Crippen molar-refractivity contribution in [2.24, 2.45) is 0 Å². The van der Waals surface area contributed by atoms with E-state index in [2.05, 4.69) is 109 Å². The molecule has 1 aliphatic heterocycles. The van der Waals surface area contributed by atoms with E-state index in [0.29, 0.717) is 12.5 Å². The van der Waals surface area contributed by atoms with Gasteiger partial charge >= 0.3 is 0 Å². The van der Waals surface area contributed by atoms with Crippen LogP contribution >= 0.6 is 15.9 Å². The third kappa shape index (κ3) is 5.76. The van der Waals surface area contributed by atoms with E-state index in [1.165, 1.54) is 22.4 Å². The molecule has 0 spiro atoms. The van der Waals surface area contributed by atoms with E-state index in [1.807, 2.05) is 18.2 Å². The molecule has 5 heteroatoms. The number of halogens is 1. The van der Waals surface area contributed by atoms with Crippen molar-refractivity contribution >= 4 is 29.9 Å². The molecule has 3 nitrogen and oxygen atoms in total. The molecule has 1 aliphatic rings. The van der Waals surface area contributed by atoms with E-state index in [1.54, 1.807) is 0 Å². The summed E-state index contributed by atoms with van der Waals surface area (Å²) in [7, 11) is -1.83. The van der Waals surface area contributed by atoms with Gasteiger partial charge in [0, 0.05) is 41.8 Å². The minimum atomic E-state index is -1.83.